The number of furan rings is 1. The number of hydrogen-bond acceptors (Lipinski definition) is 2. The van der Waals surface area contributed by atoms with E-state index in [4.69, 9.17) is 16.0 Å². The van der Waals surface area contributed by atoms with Gasteiger partial charge in [0.25, 0.3) is 0 Å². The molecule has 3 rings (SSSR count). The van der Waals surface area contributed by atoms with Crippen molar-refractivity contribution >= 4 is 33.6 Å². The number of fused-ring (bicyclic) bond motifs is 2. The summed E-state index contributed by atoms with van der Waals surface area (Å²) in [6, 6.07) is 9.53. The van der Waals surface area contributed by atoms with Gasteiger partial charge in [-0.3, -0.25) is 0 Å². The molecule has 2 nitrogen and oxygen atoms in total. The Bertz CT molecular complexity index is 615. The van der Waals surface area contributed by atoms with E-state index < -0.39 is 0 Å². The monoisotopic (exact) mass is 203 g/mol. The van der Waals surface area contributed by atoms with Crippen molar-refractivity contribution in [3.8, 4) is 0 Å². The molecule has 3 aromatic rings. The highest BCUT2D eigenvalue weighted by atomic mass is 35.5. The van der Waals surface area contributed by atoms with Gasteiger partial charge in [0.1, 0.15) is 0 Å². The maximum absolute atomic E-state index is 5.89. The highest BCUT2D eigenvalue weighted by molar-refractivity contribution is 6.31. The minimum absolute atomic E-state index is 0.667. The summed E-state index contributed by atoms with van der Waals surface area (Å²) >= 11 is 5.89. The van der Waals surface area contributed by atoms with Gasteiger partial charge in [0.2, 0.25) is 5.71 Å². The van der Waals surface area contributed by atoms with Gasteiger partial charge in [0.05, 0.1) is 11.8 Å². The van der Waals surface area contributed by atoms with Crippen molar-refractivity contribution < 1.29 is 4.42 Å². The maximum Gasteiger partial charge on any atom is 0.226 e. The van der Waals surface area contributed by atoms with E-state index >= 15 is 0 Å². The fourth-order valence-corrected chi connectivity index (χ4v) is 1.71. The van der Waals surface area contributed by atoms with Crippen molar-refractivity contribution in [3.63, 3.8) is 0 Å². The molecule has 0 aliphatic rings. The van der Waals surface area contributed by atoms with Gasteiger partial charge in [-0.05, 0) is 30.3 Å². The number of aromatic nitrogens is 1. The summed E-state index contributed by atoms with van der Waals surface area (Å²) in [5.74, 6) is 0. The predicted octanol–water partition coefficient (Wildman–Crippen LogP) is 3.63. The van der Waals surface area contributed by atoms with Gasteiger partial charge < -0.3 is 4.42 Å². The molecule has 0 aliphatic carbocycles. The summed E-state index contributed by atoms with van der Waals surface area (Å²) in [5.41, 5.74) is 1.57. The Morgan fingerprint density at radius 3 is 2.93 bits per heavy atom. The summed E-state index contributed by atoms with van der Waals surface area (Å²) in [6.45, 7) is 0. The van der Waals surface area contributed by atoms with Gasteiger partial charge in [0, 0.05) is 15.8 Å². The topological polar surface area (TPSA) is 26.0 Å². The third-order valence-corrected chi connectivity index (χ3v) is 2.43. The highest BCUT2D eigenvalue weighted by Gasteiger charge is 2.01. The molecule has 2 aromatic heterocycles. The number of rotatable bonds is 0. The van der Waals surface area contributed by atoms with Crippen LogP contribution in [0.4, 0.5) is 0 Å². The fraction of sp³-hybridized carbons (Fsp3) is 0. The Morgan fingerprint density at radius 1 is 1.07 bits per heavy atom. The van der Waals surface area contributed by atoms with Crippen LogP contribution in [0.5, 0.6) is 0 Å². The molecule has 0 bridgehead atoms. The van der Waals surface area contributed by atoms with Crippen LogP contribution >= 0.6 is 11.6 Å². The molecular weight excluding hydrogens is 198 g/mol. The minimum Gasteiger partial charge on any atom is -0.446 e. The lowest BCUT2D eigenvalue weighted by Gasteiger charge is -1.97. The van der Waals surface area contributed by atoms with E-state index in [9.17, 15) is 0 Å². The van der Waals surface area contributed by atoms with Gasteiger partial charge in [-0.25, -0.2) is 4.98 Å². The zero-order valence-electron chi connectivity index (χ0n) is 7.20. The van der Waals surface area contributed by atoms with E-state index in [1.807, 2.05) is 30.3 Å². The van der Waals surface area contributed by atoms with Crippen LogP contribution in [0.15, 0.2) is 41.0 Å². The van der Waals surface area contributed by atoms with Crippen molar-refractivity contribution in [3.05, 3.63) is 41.6 Å². The van der Waals surface area contributed by atoms with Crippen LogP contribution < -0.4 is 0 Å². The summed E-state index contributed by atoms with van der Waals surface area (Å²) in [5, 5.41) is 2.76. The van der Waals surface area contributed by atoms with Gasteiger partial charge in [-0.15, -0.1) is 0 Å². The summed E-state index contributed by atoms with van der Waals surface area (Å²) < 4.78 is 5.21. The largest absolute Gasteiger partial charge is 0.446 e. The number of nitrogens with zero attached hydrogens (tertiary/aromatic N) is 1. The molecule has 1 aromatic carbocycles. The average molecular weight is 204 g/mol. The lowest BCUT2D eigenvalue weighted by molar-refractivity contribution is 0.604. The van der Waals surface area contributed by atoms with Gasteiger partial charge in [-0.1, -0.05) is 11.6 Å². The average Bonchev–Trinajstić information content (AvgIpc) is 2.61. The number of benzene rings is 1. The highest BCUT2D eigenvalue weighted by Crippen LogP contribution is 2.22. The van der Waals surface area contributed by atoms with Crippen LogP contribution in [-0.4, -0.2) is 4.98 Å². The fourth-order valence-electron chi connectivity index (χ4n) is 1.53. The molecule has 0 saturated heterocycles. The first-order valence-corrected chi connectivity index (χ1v) is 4.64. The van der Waals surface area contributed by atoms with Crippen LogP contribution in [0, 0.1) is 0 Å². The molecule has 0 aliphatic heterocycles. The second kappa shape index (κ2) is 2.72. The second-order valence-electron chi connectivity index (χ2n) is 3.14. The normalized spacial score (nSPS) is 11.2. The van der Waals surface area contributed by atoms with E-state index in [0.717, 1.165) is 21.3 Å². The van der Waals surface area contributed by atoms with Crippen LogP contribution in [0.25, 0.3) is 22.0 Å². The maximum atomic E-state index is 5.89. The number of hydrogen-bond donors (Lipinski definition) is 0. The van der Waals surface area contributed by atoms with Crippen molar-refractivity contribution in [2.45, 2.75) is 0 Å². The first kappa shape index (κ1) is 7.83. The smallest absolute Gasteiger partial charge is 0.226 e. The third-order valence-electron chi connectivity index (χ3n) is 2.20. The van der Waals surface area contributed by atoms with E-state index in [1.165, 1.54) is 0 Å². The minimum atomic E-state index is 0.667. The van der Waals surface area contributed by atoms with E-state index in [0.29, 0.717) is 5.71 Å². The van der Waals surface area contributed by atoms with Crippen LogP contribution in [0.1, 0.15) is 0 Å². The molecule has 0 saturated carbocycles. The van der Waals surface area contributed by atoms with Gasteiger partial charge in [0.15, 0.2) is 0 Å². The summed E-state index contributed by atoms with van der Waals surface area (Å²) in [4.78, 5) is 4.35. The predicted molar refractivity (Wildman–Crippen MR) is 56.5 cm³/mol. The van der Waals surface area contributed by atoms with Gasteiger partial charge >= 0.3 is 0 Å². The zero-order valence-corrected chi connectivity index (χ0v) is 7.95. The van der Waals surface area contributed by atoms with Crippen molar-refractivity contribution in [2.24, 2.45) is 0 Å². The Kier molecular flexibility index (Phi) is 1.52. The Labute approximate surface area is 85.1 Å². The molecule has 68 valence electrons. The van der Waals surface area contributed by atoms with Crippen molar-refractivity contribution in [1.29, 1.82) is 0 Å². The molecule has 0 radical (unpaired) electrons. The van der Waals surface area contributed by atoms with Crippen LogP contribution in [0.3, 0.4) is 0 Å². The number of pyridine rings is 1. The second-order valence-corrected chi connectivity index (χ2v) is 3.58. The molecule has 0 atom stereocenters. The number of halogens is 1. The lowest BCUT2D eigenvalue weighted by Crippen LogP contribution is -1.78. The zero-order chi connectivity index (χ0) is 9.54. The van der Waals surface area contributed by atoms with Gasteiger partial charge in [-0.2, -0.15) is 0 Å². The summed E-state index contributed by atoms with van der Waals surface area (Å²) in [7, 11) is 0. The van der Waals surface area contributed by atoms with E-state index in [2.05, 4.69) is 4.98 Å². The first-order valence-electron chi connectivity index (χ1n) is 4.26. The van der Waals surface area contributed by atoms with E-state index in [-0.39, 0.29) is 0 Å². The molecule has 0 N–H and O–H groups in total. The third kappa shape index (κ3) is 1.08. The lowest BCUT2D eigenvalue weighted by atomic mass is 10.2. The first-order chi connectivity index (χ1) is 6.83. The molecule has 0 amide bonds. The van der Waals surface area contributed by atoms with E-state index in [1.54, 1.807) is 6.26 Å². The molecule has 3 heteroatoms. The Hall–Kier alpha value is -1.54. The van der Waals surface area contributed by atoms with Crippen LogP contribution in [0.2, 0.25) is 5.02 Å². The molecule has 0 unspecified atom stereocenters. The van der Waals surface area contributed by atoms with Crippen molar-refractivity contribution in [1.82, 2.24) is 4.98 Å². The SMILES string of the molecule is Clc1ccc2nc3occc3cc2c1. The Morgan fingerprint density at radius 2 is 2.00 bits per heavy atom. The molecular formula is C11H6ClNO. The molecule has 0 fully saturated rings. The quantitative estimate of drug-likeness (QED) is 0.558. The Balaban J connectivity index is 2.50. The molecule has 0 spiro atoms. The molecule has 2 heterocycles. The summed E-state index contributed by atoms with van der Waals surface area (Å²) in [6.07, 6.45) is 1.64. The van der Waals surface area contributed by atoms with Crippen molar-refractivity contribution in [2.75, 3.05) is 0 Å². The standard InChI is InChI=1S/C11H6ClNO/c12-9-1-2-10-8(6-9)5-7-3-4-14-11(7)13-10/h1-6H. The van der Waals surface area contributed by atoms with Crippen LogP contribution in [-0.2, 0) is 0 Å². The molecule has 14 heavy (non-hydrogen) atoms.